The molecule has 4 heteroatoms. The monoisotopic (exact) mass is 346 g/mol. The van der Waals surface area contributed by atoms with Crippen LogP contribution in [0, 0.1) is 0 Å². The van der Waals surface area contributed by atoms with Gasteiger partial charge < -0.3 is 4.74 Å². The molecule has 0 aliphatic carbocycles. The predicted octanol–water partition coefficient (Wildman–Crippen LogP) is 4.64. The van der Waals surface area contributed by atoms with Gasteiger partial charge in [0.05, 0.1) is 19.4 Å². The minimum Gasteiger partial charge on any atom is -0.497 e. The summed E-state index contributed by atoms with van der Waals surface area (Å²) < 4.78 is 5.26. The normalized spacial score (nSPS) is 12.6. The van der Waals surface area contributed by atoms with E-state index in [1.54, 1.807) is 7.11 Å². The minimum absolute atomic E-state index is 0.516. The Morgan fingerprint density at radius 2 is 1.92 bits per heavy atom. The van der Waals surface area contributed by atoms with Crippen LogP contribution in [0.4, 0.5) is 0 Å². The van der Waals surface area contributed by atoms with Crippen molar-refractivity contribution in [1.29, 1.82) is 0 Å². The quantitative estimate of drug-likeness (QED) is 0.359. The van der Waals surface area contributed by atoms with E-state index < -0.39 is 0 Å². The van der Waals surface area contributed by atoms with Crippen LogP contribution in [-0.2, 0) is 4.84 Å². The average molecular weight is 347 g/mol. The fourth-order valence-corrected chi connectivity index (χ4v) is 2.69. The fraction of sp³-hybridized carbons (Fsp3) is 0.524. The van der Waals surface area contributed by atoms with Gasteiger partial charge in [-0.05, 0) is 57.9 Å². The molecular weight excluding hydrogens is 312 g/mol. The highest BCUT2D eigenvalue weighted by Gasteiger charge is 2.12. The third-order valence-corrected chi connectivity index (χ3v) is 3.94. The van der Waals surface area contributed by atoms with Crippen LogP contribution in [0.25, 0.3) is 6.08 Å². The third kappa shape index (κ3) is 8.23. The number of benzene rings is 1. The highest BCUT2D eigenvalue weighted by molar-refractivity contribution is 5.54. The molecule has 1 aromatic rings. The largest absolute Gasteiger partial charge is 0.497 e. The van der Waals surface area contributed by atoms with Gasteiger partial charge in [0.15, 0.2) is 0 Å². The molecule has 0 aromatic heterocycles. The van der Waals surface area contributed by atoms with E-state index in [9.17, 15) is 0 Å². The van der Waals surface area contributed by atoms with Crippen LogP contribution in [0.3, 0.4) is 0 Å². The first-order valence-electron chi connectivity index (χ1n) is 9.13. The van der Waals surface area contributed by atoms with Gasteiger partial charge in [-0.3, -0.25) is 15.2 Å². The van der Waals surface area contributed by atoms with Gasteiger partial charge in [-0.2, -0.15) is 0 Å². The Morgan fingerprint density at radius 3 is 2.52 bits per heavy atom. The van der Waals surface area contributed by atoms with E-state index in [-0.39, 0.29) is 0 Å². The minimum atomic E-state index is 0.516. The molecule has 0 radical (unpaired) electrons. The van der Waals surface area contributed by atoms with Crippen LogP contribution >= 0.6 is 0 Å². The Bertz CT molecular complexity index is 543. The molecule has 0 atom stereocenters. The molecule has 0 unspecified atom stereocenters. The molecule has 0 heterocycles. The third-order valence-electron chi connectivity index (χ3n) is 3.94. The molecule has 25 heavy (non-hydrogen) atoms. The molecule has 1 N–H and O–H groups in total. The van der Waals surface area contributed by atoms with Crippen molar-refractivity contribution in [3.05, 3.63) is 47.7 Å². The van der Waals surface area contributed by atoms with Crippen LogP contribution in [0.1, 0.15) is 46.6 Å². The number of hydrogen-bond acceptors (Lipinski definition) is 4. The van der Waals surface area contributed by atoms with E-state index in [0.29, 0.717) is 18.7 Å². The number of hydrogen-bond donors (Lipinski definition) is 1. The molecule has 0 saturated carbocycles. The molecule has 1 aromatic carbocycles. The second-order valence-electron chi connectivity index (χ2n) is 6.55. The van der Waals surface area contributed by atoms with E-state index >= 15 is 0 Å². The number of rotatable bonds is 11. The van der Waals surface area contributed by atoms with Crippen molar-refractivity contribution in [2.75, 3.05) is 20.3 Å². The lowest BCUT2D eigenvalue weighted by Gasteiger charge is -2.30. The molecule has 4 nitrogen and oxygen atoms in total. The lowest BCUT2D eigenvalue weighted by atomic mass is 10.2. The van der Waals surface area contributed by atoms with Gasteiger partial charge in [0.25, 0.3) is 0 Å². The van der Waals surface area contributed by atoms with Crippen molar-refractivity contribution in [2.45, 2.75) is 53.1 Å². The summed E-state index contributed by atoms with van der Waals surface area (Å²) in [5.74, 6) is 0.856. The maximum Gasteiger partial charge on any atom is 0.119 e. The van der Waals surface area contributed by atoms with Gasteiger partial charge in [0.2, 0.25) is 0 Å². The van der Waals surface area contributed by atoms with Crippen molar-refractivity contribution in [3.63, 3.8) is 0 Å². The second-order valence-corrected chi connectivity index (χ2v) is 6.55. The first-order chi connectivity index (χ1) is 12.0. The van der Waals surface area contributed by atoms with Crippen molar-refractivity contribution < 1.29 is 9.57 Å². The summed E-state index contributed by atoms with van der Waals surface area (Å²) in [6.45, 7) is 12.5. The van der Waals surface area contributed by atoms with Crippen LogP contribution in [0.15, 0.2) is 42.1 Å². The topological polar surface area (TPSA) is 33.7 Å². The molecule has 0 spiro atoms. The Labute approximate surface area is 153 Å². The summed E-state index contributed by atoms with van der Waals surface area (Å²) in [6, 6.07) is 9.01. The molecule has 0 aliphatic rings. The highest BCUT2D eigenvalue weighted by atomic mass is 16.6. The van der Waals surface area contributed by atoms with Gasteiger partial charge in [0, 0.05) is 18.6 Å². The summed E-state index contributed by atoms with van der Waals surface area (Å²) in [6.07, 6.45) is 7.13. The van der Waals surface area contributed by atoms with Gasteiger partial charge in [-0.1, -0.05) is 31.2 Å². The molecule has 0 fully saturated rings. The van der Waals surface area contributed by atoms with Gasteiger partial charge in [-0.15, -0.1) is 0 Å². The zero-order chi connectivity index (χ0) is 18.7. The lowest BCUT2D eigenvalue weighted by molar-refractivity contribution is 0.0328. The number of methoxy groups -OCH3 is 1. The van der Waals surface area contributed by atoms with E-state index in [0.717, 1.165) is 30.0 Å². The number of ether oxygens (including phenoxy) is 1. The molecule has 1 rings (SSSR count). The summed E-state index contributed by atoms with van der Waals surface area (Å²) in [5, 5.41) is 0. The van der Waals surface area contributed by atoms with Crippen molar-refractivity contribution in [3.8, 4) is 5.75 Å². The van der Waals surface area contributed by atoms with Crippen LogP contribution in [0.5, 0.6) is 5.75 Å². The van der Waals surface area contributed by atoms with E-state index in [4.69, 9.17) is 9.57 Å². The van der Waals surface area contributed by atoms with E-state index in [1.165, 1.54) is 0 Å². The molecule has 0 saturated heterocycles. The number of nitrogens with zero attached hydrogens (tertiary/aromatic N) is 1. The fourth-order valence-electron chi connectivity index (χ4n) is 2.69. The van der Waals surface area contributed by atoms with Crippen molar-refractivity contribution in [1.82, 2.24) is 10.4 Å². The van der Waals surface area contributed by atoms with Gasteiger partial charge >= 0.3 is 0 Å². The summed E-state index contributed by atoms with van der Waals surface area (Å²) in [5.41, 5.74) is 5.12. The smallest absolute Gasteiger partial charge is 0.119 e. The van der Waals surface area contributed by atoms with Crippen molar-refractivity contribution in [2.24, 2.45) is 0 Å². The molecule has 0 amide bonds. The Balaban J connectivity index is 2.54. The zero-order valence-electron chi connectivity index (χ0n) is 16.6. The predicted molar refractivity (Wildman–Crippen MR) is 106 cm³/mol. The summed E-state index contributed by atoms with van der Waals surface area (Å²) in [7, 11) is 1.68. The van der Waals surface area contributed by atoms with Crippen LogP contribution in [0.2, 0.25) is 0 Å². The lowest BCUT2D eigenvalue weighted by Crippen LogP contribution is -2.40. The molecule has 0 bridgehead atoms. The SMILES string of the molecule is CCC=C(C=Cc1cccc(OC)c1)NOCCN(C(C)C)C(C)C. The summed E-state index contributed by atoms with van der Waals surface area (Å²) >= 11 is 0. The van der Waals surface area contributed by atoms with E-state index in [2.05, 4.69) is 57.2 Å². The average Bonchev–Trinajstić information content (AvgIpc) is 2.58. The van der Waals surface area contributed by atoms with Crippen LogP contribution in [-0.4, -0.2) is 37.2 Å². The number of nitrogens with one attached hydrogen (secondary N) is 1. The first-order valence-corrected chi connectivity index (χ1v) is 9.13. The van der Waals surface area contributed by atoms with Gasteiger partial charge in [0.1, 0.15) is 5.75 Å². The maximum atomic E-state index is 5.68. The number of hydroxylamine groups is 1. The Hall–Kier alpha value is -1.78. The molecular formula is C21H34N2O2. The highest BCUT2D eigenvalue weighted by Crippen LogP contribution is 2.14. The Morgan fingerprint density at radius 1 is 1.20 bits per heavy atom. The second kappa shape index (κ2) is 11.7. The zero-order valence-corrected chi connectivity index (χ0v) is 16.6. The number of allylic oxidation sites excluding steroid dienone is 2. The van der Waals surface area contributed by atoms with Crippen molar-refractivity contribution >= 4 is 6.08 Å². The first kappa shape index (κ1) is 21.3. The molecule has 0 aliphatic heterocycles. The van der Waals surface area contributed by atoms with E-state index in [1.807, 2.05) is 30.3 Å². The molecule has 140 valence electrons. The van der Waals surface area contributed by atoms with Gasteiger partial charge in [-0.25, -0.2) is 0 Å². The standard InChI is InChI=1S/C21H34N2O2/c1-7-9-20(13-12-19-10-8-11-21(16-19)24-6)22-25-15-14-23(17(2)3)18(4)5/h8-13,16-18,22H,7,14-15H2,1-6H3. The summed E-state index contributed by atoms with van der Waals surface area (Å²) in [4.78, 5) is 8.09. The Kier molecular flexibility index (Phi) is 9.97. The van der Waals surface area contributed by atoms with Crippen LogP contribution < -0.4 is 10.2 Å². The maximum absolute atomic E-state index is 5.68.